The summed E-state index contributed by atoms with van der Waals surface area (Å²) in [5.41, 5.74) is 6.75. The van der Waals surface area contributed by atoms with Gasteiger partial charge in [-0.15, -0.1) is 0 Å². The average molecular weight is 260 g/mol. The van der Waals surface area contributed by atoms with E-state index < -0.39 is 15.1 Å². The lowest BCUT2D eigenvalue weighted by Gasteiger charge is -2.00. The summed E-state index contributed by atoms with van der Waals surface area (Å²) in [6.45, 7) is 1.65. The summed E-state index contributed by atoms with van der Waals surface area (Å²) in [5.74, 6) is 0.0475. The molecule has 2 rings (SSSR count). The van der Waals surface area contributed by atoms with E-state index in [9.17, 15) is 8.42 Å². The highest BCUT2D eigenvalue weighted by molar-refractivity contribution is 7.92. The summed E-state index contributed by atoms with van der Waals surface area (Å²) in [6, 6.07) is 6.96. The molecule has 0 spiro atoms. The SMILES string of the molecule is CCS(=O)(=O)[C@H]1[C@@H](N)[C@@H]1c1cccc(Cl)c1. The van der Waals surface area contributed by atoms with Crippen LogP contribution in [-0.4, -0.2) is 25.5 Å². The Morgan fingerprint density at radius 3 is 2.69 bits per heavy atom. The monoisotopic (exact) mass is 259 g/mol. The van der Waals surface area contributed by atoms with Gasteiger partial charge in [0, 0.05) is 22.7 Å². The zero-order valence-electron chi connectivity index (χ0n) is 8.93. The lowest BCUT2D eigenvalue weighted by atomic mass is 10.1. The Hall–Kier alpha value is -0.580. The van der Waals surface area contributed by atoms with E-state index in [4.69, 9.17) is 17.3 Å². The molecular weight excluding hydrogens is 246 g/mol. The molecule has 0 radical (unpaired) electrons. The van der Waals surface area contributed by atoms with Crippen molar-refractivity contribution in [2.24, 2.45) is 5.73 Å². The van der Waals surface area contributed by atoms with Gasteiger partial charge in [0.2, 0.25) is 0 Å². The standard InChI is InChI=1S/C11H14ClNO2S/c1-2-16(14,15)11-9(10(11)13)7-4-3-5-8(12)6-7/h3-6,9-11H,2,13H2,1H3/t9-,10-,11+/m0/s1. The van der Waals surface area contributed by atoms with Crippen molar-refractivity contribution in [3.05, 3.63) is 34.9 Å². The quantitative estimate of drug-likeness (QED) is 0.896. The first-order valence-electron chi connectivity index (χ1n) is 5.20. The van der Waals surface area contributed by atoms with Gasteiger partial charge in [0.05, 0.1) is 5.25 Å². The molecule has 3 atom stereocenters. The molecule has 0 amide bonds. The molecule has 0 bridgehead atoms. The Kier molecular flexibility index (Phi) is 2.99. The first-order valence-corrected chi connectivity index (χ1v) is 7.29. The van der Waals surface area contributed by atoms with Crippen molar-refractivity contribution in [2.75, 3.05) is 5.75 Å². The van der Waals surface area contributed by atoms with Crippen molar-refractivity contribution in [1.82, 2.24) is 0 Å². The first-order chi connectivity index (χ1) is 7.47. The first kappa shape index (κ1) is 11.9. The summed E-state index contributed by atoms with van der Waals surface area (Å²) in [4.78, 5) is 0. The molecule has 1 saturated carbocycles. The molecule has 0 aliphatic heterocycles. The molecule has 1 aromatic rings. The van der Waals surface area contributed by atoms with E-state index in [1.807, 2.05) is 12.1 Å². The molecule has 0 aromatic heterocycles. The van der Waals surface area contributed by atoms with Gasteiger partial charge in [-0.05, 0) is 17.7 Å². The Labute approximate surface area is 101 Å². The van der Waals surface area contributed by atoms with Crippen LogP contribution in [0.3, 0.4) is 0 Å². The van der Waals surface area contributed by atoms with Crippen molar-refractivity contribution in [1.29, 1.82) is 0 Å². The van der Waals surface area contributed by atoms with Crippen molar-refractivity contribution in [3.63, 3.8) is 0 Å². The molecule has 0 heterocycles. The number of hydrogen-bond acceptors (Lipinski definition) is 3. The van der Waals surface area contributed by atoms with Gasteiger partial charge >= 0.3 is 0 Å². The minimum Gasteiger partial charge on any atom is -0.326 e. The van der Waals surface area contributed by atoms with E-state index in [1.165, 1.54) is 0 Å². The lowest BCUT2D eigenvalue weighted by Crippen LogP contribution is -2.17. The number of sulfone groups is 1. The van der Waals surface area contributed by atoms with E-state index in [0.29, 0.717) is 5.02 Å². The zero-order chi connectivity index (χ0) is 11.9. The second kappa shape index (κ2) is 4.02. The topological polar surface area (TPSA) is 60.2 Å². The van der Waals surface area contributed by atoms with E-state index in [2.05, 4.69) is 0 Å². The van der Waals surface area contributed by atoms with Gasteiger partial charge in [-0.3, -0.25) is 0 Å². The summed E-state index contributed by atoms with van der Waals surface area (Å²) < 4.78 is 23.5. The van der Waals surface area contributed by atoms with Crippen LogP contribution < -0.4 is 5.73 Å². The van der Waals surface area contributed by atoms with Crippen LogP contribution >= 0.6 is 11.6 Å². The van der Waals surface area contributed by atoms with E-state index in [1.54, 1.807) is 19.1 Å². The Balaban J connectivity index is 2.27. The number of halogens is 1. The highest BCUT2D eigenvalue weighted by Crippen LogP contribution is 2.45. The van der Waals surface area contributed by atoms with Gasteiger partial charge in [-0.25, -0.2) is 8.42 Å². The van der Waals surface area contributed by atoms with Crippen molar-refractivity contribution in [2.45, 2.75) is 24.1 Å². The van der Waals surface area contributed by atoms with Crippen LogP contribution in [0.2, 0.25) is 5.02 Å². The largest absolute Gasteiger partial charge is 0.326 e. The normalized spacial score (nSPS) is 29.1. The number of nitrogens with two attached hydrogens (primary N) is 1. The van der Waals surface area contributed by atoms with Crippen LogP contribution in [0.5, 0.6) is 0 Å². The summed E-state index contributed by atoms with van der Waals surface area (Å²) >= 11 is 5.87. The predicted octanol–water partition coefficient (Wildman–Crippen LogP) is 1.57. The second-order valence-electron chi connectivity index (χ2n) is 4.07. The third kappa shape index (κ3) is 1.97. The number of benzene rings is 1. The maximum atomic E-state index is 11.7. The average Bonchev–Trinajstić information content (AvgIpc) is 2.91. The summed E-state index contributed by atoms with van der Waals surface area (Å²) in [5, 5.41) is 0.181. The Bertz CT molecular complexity index is 500. The van der Waals surface area contributed by atoms with E-state index in [-0.39, 0.29) is 17.7 Å². The summed E-state index contributed by atoms with van der Waals surface area (Å²) in [7, 11) is -3.05. The highest BCUT2D eigenvalue weighted by atomic mass is 35.5. The van der Waals surface area contributed by atoms with Gasteiger partial charge in [-0.1, -0.05) is 30.7 Å². The molecule has 3 nitrogen and oxygen atoms in total. The predicted molar refractivity (Wildman–Crippen MR) is 65.4 cm³/mol. The second-order valence-corrected chi connectivity index (χ2v) is 6.96. The molecular formula is C11H14ClNO2S. The van der Waals surface area contributed by atoms with Crippen LogP contribution in [0.4, 0.5) is 0 Å². The van der Waals surface area contributed by atoms with Crippen molar-refractivity contribution >= 4 is 21.4 Å². The minimum atomic E-state index is -3.05. The van der Waals surface area contributed by atoms with Gasteiger partial charge in [0.1, 0.15) is 0 Å². The third-order valence-corrected chi connectivity index (χ3v) is 5.53. The lowest BCUT2D eigenvalue weighted by molar-refractivity contribution is 0.594. The number of rotatable bonds is 3. The van der Waals surface area contributed by atoms with Gasteiger partial charge < -0.3 is 5.73 Å². The van der Waals surface area contributed by atoms with Gasteiger partial charge in [0.15, 0.2) is 9.84 Å². The summed E-state index contributed by atoms with van der Waals surface area (Å²) in [6.07, 6.45) is 0. The molecule has 0 saturated heterocycles. The zero-order valence-corrected chi connectivity index (χ0v) is 10.5. The molecule has 88 valence electrons. The van der Waals surface area contributed by atoms with Crippen LogP contribution in [0.1, 0.15) is 18.4 Å². The van der Waals surface area contributed by atoms with Crippen LogP contribution in [0, 0.1) is 0 Å². The van der Waals surface area contributed by atoms with E-state index in [0.717, 1.165) is 5.56 Å². The van der Waals surface area contributed by atoms with Gasteiger partial charge in [-0.2, -0.15) is 0 Å². The van der Waals surface area contributed by atoms with Crippen LogP contribution in [0.25, 0.3) is 0 Å². The highest BCUT2D eigenvalue weighted by Gasteiger charge is 2.55. The fourth-order valence-corrected chi connectivity index (χ4v) is 4.01. The third-order valence-electron chi connectivity index (χ3n) is 3.06. The molecule has 1 aromatic carbocycles. The fraction of sp³-hybridized carbons (Fsp3) is 0.455. The molecule has 5 heteroatoms. The van der Waals surface area contributed by atoms with Crippen LogP contribution in [-0.2, 0) is 9.84 Å². The Morgan fingerprint density at radius 1 is 1.44 bits per heavy atom. The molecule has 16 heavy (non-hydrogen) atoms. The molecule has 1 fully saturated rings. The maximum Gasteiger partial charge on any atom is 0.155 e. The fourth-order valence-electron chi connectivity index (χ4n) is 2.09. The molecule has 1 aliphatic rings. The minimum absolute atomic E-state index is 0.0938. The van der Waals surface area contributed by atoms with Crippen molar-refractivity contribution in [3.8, 4) is 0 Å². The maximum absolute atomic E-state index is 11.7. The molecule has 1 aliphatic carbocycles. The molecule has 2 N–H and O–H groups in total. The molecule has 0 unspecified atom stereocenters. The van der Waals surface area contributed by atoms with Crippen LogP contribution in [0.15, 0.2) is 24.3 Å². The van der Waals surface area contributed by atoms with Gasteiger partial charge in [0.25, 0.3) is 0 Å². The smallest absolute Gasteiger partial charge is 0.155 e. The van der Waals surface area contributed by atoms with E-state index >= 15 is 0 Å². The Morgan fingerprint density at radius 2 is 2.12 bits per heavy atom. The number of hydrogen-bond donors (Lipinski definition) is 1. The van der Waals surface area contributed by atoms with Crippen molar-refractivity contribution < 1.29 is 8.42 Å².